The van der Waals surface area contributed by atoms with E-state index in [4.69, 9.17) is 17.3 Å². The number of aromatic nitrogens is 1. The fourth-order valence-corrected chi connectivity index (χ4v) is 2.86. The van der Waals surface area contributed by atoms with Gasteiger partial charge in [0.05, 0.1) is 10.5 Å². The topological polar surface area (TPSA) is 111 Å². The smallest absolute Gasteiger partial charge is 0.288 e. The van der Waals surface area contributed by atoms with Crippen LogP contribution in [0.15, 0.2) is 12.3 Å². The Balaban J connectivity index is 2.15. The first-order chi connectivity index (χ1) is 10.0. The number of nitro groups is 1. The van der Waals surface area contributed by atoms with Crippen LogP contribution in [-0.4, -0.2) is 28.4 Å². The van der Waals surface area contributed by atoms with Crippen molar-refractivity contribution in [2.24, 2.45) is 11.7 Å². The van der Waals surface area contributed by atoms with Crippen LogP contribution in [0.2, 0.25) is 5.15 Å². The molecule has 3 N–H and O–H groups in total. The highest BCUT2D eigenvalue weighted by Gasteiger charge is 2.27. The summed E-state index contributed by atoms with van der Waals surface area (Å²) in [6.07, 6.45) is 5.36. The van der Waals surface area contributed by atoms with Crippen molar-refractivity contribution in [2.45, 2.75) is 31.7 Å². The fraction of sp³-hybridized carbons (Fsp3) is 0.538. The number of nitrogens with one attached hydrogen (secondary N) is 1. The molecule has 1 aromatic heterocycles. The highest BCUT2D eigenvalue weighted by molar-refractivity contribution is 6.32. The average Bonchev–Trinajstić information content (AvgIpc) is 2.98. The van der Waals surface area contributed by atoms with Crippen LogP contribution in [-0.2, 0) is 0 Å². The molecule has 0 spiro atoms. The molecule has 1 aromatic rings. The van der Waals surface area contributed by atoms with E-state index in [2.05, 4.69) is 10.3 Å². The van der Waals surface area contributed by atoms with E-state index in [1.54, 1.807) is 0 Å². The maximum atomic E-state index is 12.3. The van der Waals surface area contributed by atoms with Gasteiger partial charge in [-0.1, -0.05) is 24.4 Å². The van der Waals surface area contributed by atoms with E-state index in [0.29, 0.717) is 12.5 Å². The average molecular weight is 313 g/mol. The molecule has 0 aliphatic heterocycles. The number of nitrogens with zero attached hydrogens (tertiary/aromatic N) is 2. The van der Waals surface area contributed by atoms with Crippen molar-refractivity contribution >= 4 is 23.2 Å². The summed E-state index contributed by atoms with van der Waals surface area (Å²) in [5, 5.41) is 13.5. The Kier molecular flexibility index (Phi) is 5.08. The van der Waals surface area contributed by atoms with Gasteiger partial charge in [-0.2, -0.15) is 0 Å². The summed E-state index contributed by atoms with van der Waals surface area (Å²) in [6, 6.07) is 0.989. The second-order valence-corrected chi connectivity index (χ2v) is 5.51. The summed E-state index contributed by atoms with van der Waals surface area (Å²) in [4.78, 5) is 26.1. The second-order valence-electron chi connectivity index (χ2n) is 5.15. The number of pyridine rings is 1. The van der Waals surface area contributed by atoms with Crippen LogP contribution in [0.25, 0.3) is 0 Å². The van der Waals surface area contributed by atoms with Crippen molar-refractivity contribution < 1.29 is 9.72 Å². The number of amides is 1. The number of halogens is 1. The SMILES string of the molecule is NCC(NC(=O)c1cc([N+](=O)[O-])cnc1Cl)C1CCCC1. The van der Waals surface area contributed by atoms with Gasteiger partial charge in [0.25, 0.3) is 11.6 Å². The lowest BCUT2D eigenvalue weighted by molar-refractivity contribution is -0.385. The molecule has 7 nitrogen and oxygen atoms in total. The zero-order valence-corrected chi connectivity index (χ0v) is 12.2. The number of hydrogen-bond donors (Lipinski definition) is 2. The minimum absolute atomic E-state index is 0.00214. The van der Waals surface area contributed by atoms with Gasteiger partial charge in [-0.3, -0.25) is 14.9 Å². The van der Waals surface area contributed by atoms with E-state index < -0.39 is 10.8 Å². The number of nitrogens with two attached hydrogens (primary N) is 1. The molecule has 0 saturated heterocycles. The first kappa shape index (κ1) is 15.7. The quantitative estimate of drug-likeness (QED) is 0.490. The van der Waals surface area contributed by atoms with Crippen LogP contribution >= 0.6 is 11.6 Å². The van der Waals surface area contributed by atoms with E-state index in [-0.39, 0.29) is 22.4 Å². The third kappa shape index (κ3) is 3.68. The van der Waals surface area contributed by atoms with Gasteiger partial charge in [0.2, 0.25) is 0 Å². The molecule has 114 valence electrons. The lowest BCUT2D eigenvalue weighted by Crippen LogP contribution is -2.44. The Bertz CT molecular complexity index is 546. The maximum absolute atomic E-state index is 12.3. The van der Waals surface area contributed by atoms with Crippen LogP contribution in [0.5, 0.6) is 0 Å². The van der Waals surface area contributed by atoms with Crippen LogP contribution < -0.4 is 11.1 Å². The molecule has 1 aliphatic rings. The number of rotatable bonds is 5. The van der Waals surface area contributed by atoms with Crippen molar-refractivity contribution in [3.05, 3.63) is 33.1 Å². The summed E-state index contributed by atoms with van der Waals surface area (Å²) < 4.78 is 0. The Morgan fingerprint density at radius 3 is 2.81 bits per heavy atom. The van der Waals surface area contributed by atoms with Crippen molar-refractivity contribution in [1.82, 2.24) is 10.3 Å². The van der Waals surface area contributed by atoms with E-state index >= 15 is 0 Å². The molecule has 0 aromatic carbocycles. The van der Waals surface area contributed by atoms with Crippen LogP contribution in [0.3, 0.4) is 0 Å². The fourth-order valence-electron chi connectivity index (χ4n) is 2.67. The zero-order valence-electron chi connectivity index (χ0n) is 11.4. The Morgan fingerprint density at radius 2 is 2.24 bits per heavy atom. The van der Waals surface area contributed by atoms with Gasteiger partial charge in [0.1, 0.15) is 11.3 Å². The molecule has 1 aliphatic carbocycles. The molecule has 0 radical (unpaired) electrons. The Morgan fingerprint density at radius 1 is 1.57 bits per heavy atom. The molecule has 1 atom stereocenters. The van der Waals surface area contributed by atoms with Gasteiger partial charge in [0, 0.05) is 18.7 Å². The molecule has 1 fully saturated rings. The Hall–Kier alpha value is -1.73. The molecular weight excluding hydrogens is 296 g/mol. The molecule has 2 rings (SSSR count). The largest absolute Gasteiger partial charge is 0.348 e. The van der Waals surface area contributed by atoms with Crippen LogP contribution in [0, 0.1) is 16.0 Å². The molecular formula is C13H17ClN4O3. The van der Waals surface area contributed by atoms with Crippen LogP contribution in [0.4, 0.5) is 5.69 Å². The van der Waals surface area contributed by atoms with Crippen molar-refractivity contribution in [1.29, 1.82) is 0 Å². The highest BCUT2D eigenvalue weighted by Crippen LogP contribution is 2.28. The second kappa shape index (κ2) is 6.82. The summed E-state index contributed by atoms with van der Waals surface area (Å²) in [6.45, 7) is 0.330. The zero-order chi connectivity index (χ0) is 15.4. The van der Waals surface area contributed by atoms with Crippen molar-refractivity contribution in [3.63, 3.8) is 0 Å². The van der Waals surface area contributed by atoms with Gasteiger partial charge in [-0.25, -0.2) is 4.98 Å². The summed E-state index contributed by atoms with van der Waals surface area (Å²) in [7, 11) is 0. The van der Waals surface area contributed by atoms with Gasteiger partial charge in [-0.15, -0.1) is 0 Å². The predicted molar refractivity (Wildman–Crippen MR) is 78.2 cm³/mol. The van der Waals surface area contributed by atoms with Gasteiger partial charge in [-0.05, 0) is 18.8 Å². The van der Waals surface area contributed by atoms with Crippen molar-refractivity contribution in [2.75, 3.05) is 6.54 Å². The maximum Gasteiger partial charge on any atom is 0.288 e. The van der Waals surface area contributed by atoms with E-state index in [1.165, 1.54) is 0 Å². The first-order valence-corrected chi connectivity index (χ1v) is 7.21. The lowest BCUT2D eigenvalue weighted by Gasteiger charge is -2.23. The lowest BCUT2D eigenvalue weighted by atomic mass is 9.98. The van der Waals surface area contributed by atoms with E-state index in [1.807, 2.05) is 0 Å². The normalized spacial score (nSPS) is 16.7. The standard InChI is InChI=1S/C13H17ClN4O3/c14-12-10(5-9(7-16-12)18(20)21)13(19)17-11(6-15)8-3-1-2-4-8/h5,7-8,11H,1-4,6,15H2,(H,17,19). The Labute approximate surface area is 127 Å². The van der Waals surface area contributed by atoms with Crippen molar-refractivity contribution in [3.8, 4) is 0 Å². The molecule has 1 saturated carbocycles. The first-order valence-electron chi connectivity index (χ1n) is 6.83. The minimum atomic E-state index is -0.614. The van der Waals surface area contributed by atoms with Gasteiger partial charge >= 0.3 is 0 Å². The molecule has 1 amide bonds. The van der Waals surface area contributed by atoms with Gasteiger partial charge in [0.15, 0.2) is 0 Å². The molecule has 1 unspecified atom stereocenters. The van der Waals surface area contributed by atoms with E-state index in [9.17, 15) is 14.9 Å². The number of hydrogen-bond acceptors (Lipinski definition) is 5. The predicted octanol–water partition coefficient (Wildman–Crippen LogP) is 1.89. The number of carbonyl (C=O) groups is 1. The summed E-state index contributed by atoms with van der Waals surface area (Å²) in [5.74, 6) is -0.122. The summed E-state index contributed by atoms with van der Waals surface area (Å²) in [5.41, 5.74) is 5.46. The number of carbonyl (C=O) groups excluding carboxylic acids is 1. The molecule has 21 heavy (non-hydrogen) atoms. The van der Waals surface area contributed by atoms with Gasteiger partial charge < -0.3 is 11.1 Å². The van der Waals surface area contributed by atoms with Crippen LogP contribution in [0.1, 0.15) is 36.0 Å². The third-order valence-electron chi connectivity index (χ3n) is 3.82. The molecule has 8 heteroatoms. The van der Waals surface area contributed by atoms with E-state index in [0.717, 1.165) is 37.9 Å². The third-order valence-corrected chi connectivity index (χ3v) is 4.12. The summed E-state index contributed by atoms with van der Waals surface area (Å²) >= 11 is 5.86. The molecule has 0 bridgehead atoms. The highest BCUT2D eigenvalue weighted by atomic mass is 35.5. The molecule has 1 heterocycles. The monoisotopic (exact) mass is 312 g/mol. The minimum Gasteiger partial charge on any atom is -0.348 e.